The summed E-state index contributed by atoms with van der Waals surface area (Å²) in [5.41, 5.74) is 2.71. The van der Waals surface area contributed by atoms with E-state index in [1.165, 1.54) is 49.8 Å². The summed E-state index contributed by atoms with van der Waals surface area (Å²) in [5, 5.41) is 7.32. The van der Waals surface area contributed by atoms with E-state index in [1.807, 2.05) is 0 Å². The third-order valence-electron chi connectivity index (χ3n) is 4.08. The molecule has 2 nitrogen and oxygen atoms in total. The number of aryl methyl sites for hydroxylation is 1. The zero-order valence-electron chi connectivity index (χ0n) is 12.4. The lowest BCUT2D eigenvalue weighted by Crippen LogP contribution is -2.36. The summed E-state index contributed by atoms with van der Waals surface area (Å²) >= 11 is 0. The molecular formula is C17H28N2. The summed E-state index contributed by atoms with van der Waals surface area (Å²) in [6, 6.07) is 10.1. The van der Waals surface area contributed by atoms with Crippen LogP contribution in [-0.4, -0.2) is 18.6 Å². The van der Waals surface area contributed by atoms with Crippen LogP contribution >= 0.6 is 0 Å². The number of nitrogens with one attached hydrogen (secondary N) is 2. The van der Waals surface area contributed by atoms with Crippen molar-refractivity contribution < 1.29 is 0 Å². The first-order valence-corrected chi connectivity index (χ1v) is 7.76. The van der Waals surface area contributed by atoms with Crippen LogP contribution < -0.4 is 10.6 Å². The summed E-state index contributed by atoms with van der Waals surface area (Å²) in [6.45, 7) is 6.63. The summed E-state index contributed by atoms with van der Waals surface area (Å²) in [5.74, 6) is 0. The first-order valence-electron chi connectivity index (χ1n) is 7.76. The molecule has 0 radical (unpaired) electrons. The fourth-order valence-corrected chi connectivity index (χ4v) is 2.81. The minimum absolute atomic E-state index is 0.580. The quantitative estimate of drug-likeness (QED) is 0.848. The molecule has 1 aliphatic heterocycles. The van der Waals surface area contributed by atoms with Crippen molar-refractivity contribution in [3.8, 4) is 0 Å². The maximum absolute atomic E-state index is 3.68. The van der Waals surface area contributed by atoms with Crippen LogP contribution in [0.1, 0.15) is 50.2 Å². The number of hydrogen-bond acceptors (Lipinski definition) is 2. The van der Waals surface area contributed by atoms with Crippen molar-refractivity contribution in [2.24, 2.45) is 0 Å². The Morgan fingerprint density at radius 1 is 1.21 bits per heavy atom. The Balaban J connectivity index is 1.71. The van der Waals surface area contributed by atoms with E-state index in [0.717, 1.165) is 6.54 Å². The van der Waals surface area contributed by atoms with Crippen molar-refractivity contribution in [1.29, 1.82) is 0 Å². The molecule has 0 aliphatic carbocycles. The third-order valence-corrected chi connectivity index (χ3v) is 4.08. The van der Waals surface area contributed by atoms with Crippen LogP contribution in [0.5, 0.6) is 0 Å². The second-order valence-electron chi connectivity index (χ2n) is 6.00. The van der Waals surface area contributed by atoms with E-state index < -0.39 is 0 Å². The van der Waals surface area contributed by atoms with Gasteiger partial charge in [0.2, 0.25) is 0 Å². The van der Waals surface area contributed by atoms with Crippen LogP contribution in [0.25, 0.3) is 0 Å². The molecular weight excluding hydrogens is 232 g/mol. The Morgan fingerprint density at radius 3 is 2.79 bits per heavy atom. The fraction of sp³-hybridized carbons (Fsp3) is 0.647. The highest BCUT2D eigenvalue weighted by Gasteiger charge is 2.14. The van der Waals surface area contributed by atoms with E-state index in [9.17, 15) is 0 Å². The zero-order chi connectivity index (χ0) is 13.5. The van der Waals surface area contributed by atoms with Crippen molar-refractivity contribution in [1.82, 2.24) is 10.6 Å². The van der Waals surface area contributed by atoms with E-state index in [4.69, 9.17) is 0 Å². The van der Waals surface area contributed by atoms with Gasteiger partial charge in [0.1, 0.15) is 0 Å². The van der Waals surface area contributed by atoms with Gasteiger partial charge in [0.05, 0.1) is 0 Å². The fourth-order valence-electron chi connectivity index (χ4n) is 2.81. The lowest BCUT2D eigenvalue weighted by molar-refractivity contribution is 0.402. The average molecular weight is 260 g/mol. The van der Waals surface area contributed by atoms with Crippen LogP contribution in [0, 0.1) is 6.92 Å². The molecule has 0 spiro atoms. The van der Waals surface area contributed by atoms with Crippen LogP contribution in [0.2, 0.25) is 0 Å². The van der Waals surface area contributed by atoms with Gasteiger partial charge in [0.15, 0.2) is 0 Å². The van der Waals surface area contributed by atoms with Gasteiger partial charge in [-0.05, 0) is 45.2 Å². The van der Waals surface area contributed by atoms with E-state index in [-0.39, 0.29) is 0 Å². The minimum atomic E-state index is 0.580. The van der Waals surface area contributed by atoms with Crippen LogP contribution in [0.15, 0.2) is 24.3 Å². The maximum atomic E-state index is 3.68. The topological polar surface area (TPSA) is 24.1 Å². The van der Waals surface area contributed by atoms with Crippen molar-refractivity contribution in [3.63, 3.8) is 0 Å². The molecule has 0 saturated carbocycles. The van der Waals surface area contributed by atoms with Crippen LogP contribution in [0.3, 0.4) is 0 Å². The highest BCUT2D eigenvalue weighted by atomic mass is 14.9. The molecule has 2 unspecified atom stereocenters. The largest absolute Gasteiger partial charge is 0.314 e. The summed E-state index contributed by atoms with van der Waals surface area (Å²) < 4.78 is 0. The predicted molar refractivity (Wildman–Crippen MR) is 82.4 cm³/mol. The Kier molecular flexibility index (Phi) is 5.87. The number of rotatable bonds is 5. The molecule has 2 heteroatoms. The van der Waals surface area contributed by atoms with Crippen molar-refractivity contribution >= 4 is 0 Å². The third kappa shape index (κ3) is 5.33. The highest BCUT2D eigenvalue weighted by molar-refractivity contribution is 5.21. The first-order chi connectivity index (χ1) is 9.24. The summed E-state index contributed by atoms with van der Waals surface area (Å²) in [7, 11) is 0. The normalized spacial score (nSPS) is 21.9. The lowest BCUT2D eigenvalue weighted by Gasteiger charge is -2.21. The maximum Gasteiger partial charge on any atom is 0.0207 e. The van der Waals surface area contributed by atoms with Crippen LogP contribution in [-0.2, 0) is 6.54 Å². The monoisotopic (exact) mass is 260 g/mol. The minimum Gasteiger partial charge on any atom is -0.314 e. The van der Waals surface area contributed by atoms with Gasteiger partial charge < -0.3 is 10.6 Å². The Morgan fingerprint density at radius 2 is 2.00 bits per heavy atom. The van der Waals surface area contributed by atoms with E-state index in [2.05, 4.69) is 48.7 Å². The standard InChI is InChI=1S/C17H28N2/c1-14-7-9-16(10-8-14)13-19-15(2)12-17-6-4-3-5-11-18-17/h7-10,15,17-19H,3-6,11-13H2,1-2H3. The smallest absolute Gasteiger partial charge is 0.0207 e. The number of benzene rings is 1. The van der Waals surface area contributed by atoms with Crippen molar-refractivity contribution in [2.75, 3.05) is 6.54 Å². The van der Waals surface area contributed by atoms with E-state index in [0.29, 0.717) is 12.1 Å². The van der Waals surface area contributed by atoms with Gasteiger partial charge in [0.25, 0.3) is 0 Å². The van der Waals surface area contributed by atoms with Gasteiger partial charge in [-0.1, -0.05) is 42.7 Å². The SMILES string of the molecule is Cc1ccc(CNC(C)CC2CCCCCN2)cc1. The molecule has 1 saturated heterocycles. The molecule has 0 amide bonds. The second-order valence-corrected chi connectivity index (χ2v) is 6.00. The Bertz CT molecular complexity index is 350. The number of hydrogen-bond donors (Lipinski definition) is 2. The highest BCUT2D eigenvalue weighted by Crippen LogP contribution is 2.13. The lowest BCUT2D eigenvalue weighted by atomic mass is 10.0. The van der Waals surface area contributed by atoms with Crippen molar-refractivity contribution in [3.05, 3.63) is 35.4 Å². The van der Waals surface area contributed by atoms with Gasteiger partial charge in [-0.3, -0.25) is 0 Å². The zero-order valence-corrected chi connectivity index (χ0v) is 12.4. The molecule has 1 aromatic rings. The molecule has 1 aliphatic rings. The average Bonchev–Trinajstić information content (AvgIpc) is 2.67. The van der Waals surface area contributed by atoms with Gasteiger partial charge in [0, 0.05) is 18.6 Å². The predicted octanol–water partition coefficient (Wildman–Crippen LogP) is 3.40. The van der Waals surface area contributed by atoms with E-state index >= 15 is 0 Å². The second kappa shape index (κ2) is 7.66. The molecule has 1 heterocycles. The molecule has 0 aromatic heterocycles. The molecule has 2 rings (SSSR count). The summed E-state index contributed by atoms with van der Waals surface area (Å²) in [4.78, 5) is 0. The molecule has 2 atom stereocenters. The van der Waals surface area contributed by atoms with Crippen molar-refractivity contribution in [2.45, 2.75) is 64.6 Å². The Labute approximate surface area is 118 Å². The van der Waals surface area contributed by atoms with Gasteiger partial charge in [-0.25, -0.2) is 0 Å². The summed E-state index contributed by atoms with van der Waals surface area (Å²) in [6.07, 6.45) is 6.72. The molecule has 106 valence electrons. The van der Waals surface area contributed by atoms with Gasteiger partial charge >= 0.3 is 0 Å². The molecule has 2 N–H and O–H groups in total. The van der Waals surface area contributed by atoms with Gasteiger partial charge in [-0.2, -0.15) is 0 Å². The van der Waals surface area contributed by atoms with Crippen LogP contribution in [0.4, 0.5) is 0 Å². The molecule has 0 bridgehead atoms. The first kappa shape index (κ1) is 14.5. The molecule has 1 fully saturated rings. The molecule has 1 aromatic carbocycles. The molecule has 19 heavy (non-hydrogen) atoms. The van der Waals surface area contributed by atoms with Gasteiger partial charge in [-0.15, -0.1) is 0 Å². The van der Waals surface area contributed by atoms with E-state index in [1.54, 1.807) is 0 Å². The Hall–Kier alpha value is -0.860.